The van der Waals surface area contributed by atoms with Gasteiger partial charge in [0, 0.05) is 24.7 Å². The van der Waals surface area contributed by atoms with Crippen molar-refractivity contribution in [1.29, 1.82) is 0 Å². The van der Waals surface area contributed by atoms with Gasteiger partial charge in [0.2, 0.25) is 0 Å². The second-order valence-electron chi connectivity index (χ2n) is 8.78. The first kappa shape index (κ1) is 13.9. The van der Waals surface area contributed by atoms with E-state index in [0.717, 1.165) is 23.8 Å². The summed E-state index contributed by atoms with van der Waals surface area (Å²) in [5, 5.41) is 3.60. The lowest BCUT2D eigenvalue weighted by molar-refractivity contribution is 0.0113. The summed E-state index contributed by atoms with van der Waals surface area (Å²) in [5.74, 6) is 2.63. The van der Waals surface area contributed by atoms with Crippen molar-refractivity contribution in [1.82, 2.24) is 10.2 Å². The van der Waals surface area contributed by atoms with Crippen LogP contribution in [0.3, 0.4) is 0 Å². The molecule has 4 unspecified atom stereocenters. The van der Waals surface area contributed by atoms with Crippen LogP contribution in [0.25, 0.3) is 0 Å². The Bertz CT molecular complexity index is 347. The summed E-state index contributed by atoms with van der Waals surface area (Å²) in [6.45, 7) is 16.2. The number of likely N-dealkylation sites (tertiary alicyclic amines) is 1. The molecule has 0 radical (unpaired) electrons. The van der Waals surface area contributed by atoms with Crippen molar-refractivity contribution in [3.05, 3.63) is 0 Å². The van der Waals surface area contributed by atoms with E-state index in [1.807, 2.05) is 0 Å². The van der Waals surface area contributed by atoms with Crippen LogP contribution in [0.15, 0.2) is 0 Å². The third-order valence-electron chi connectivity index (χ3n) is 6.47. The van der Waals surface area contributed by atoms with E-state index in [1.54, 1.807) is 0 Å². The van der Waals surface area contributed by atoms with Crippen molar-refractivity contribution < 1.29 is 0 Å². The normalized spacial score (nSPS) is 45.3. The molecule has 0 aromatic carbocycles. The number of rotatable bonds is 1. The lowest BCUT2D eigenvalue weighted by Crippen LogP contribution is -2.53. The third kappa shape index (κ3) is 2.25. The molecule has 0 amide bonds. The van der Waals surface area contributed by atoms with Gasteiger partial charge in [-0.3, -0.25) is 4.90 Å². The molecule has 0 spiro atoms. The molecule has 2 nitrogen and oxygen atoms in total. The van der Waals surface area contributed by atoms with Gasteiger partial charge >= 0.3 is 0 Å². The van der Waals surface area contributed by atoms with Gasteiger partial charge in [0.15, 0.2) is 0 Å². The van der Waals surface area contributed by atoms with Crippen molar-refractivity contribution in [2.24, 2.45) is 23.2 Å². The van der Waals surface area contributed by atoms with Gasteiger partial charge in [-0.25, -0.2) is 0 Å². The van der Waals surface area contributed by atoms with Crippen LogP contribution < -0.4 is 5.32 Å². The van der Waals surface area contributed by atoms with Crippen LogP contribution in [0, 0.1) is 23.2 Å². The highest BCUT2D eigenvalue weighted by molar-refractivity contribution is 5.07. The van der Waals surface area contributed by atoms with Crippen LogP contribution >= 0.6 is 0 Å². The Labute approximate surface area is 119 Å². The molecule has 110 valence electrons. The maximum Gasteiger partial charge on any atom is 0.0200 e. The molecule has 0 aromatic rings. The molecule has 1 saturated carbocycles. The number of nitrogens with one attached hydrogen (secondary N) is 1. The first-order chi connectivity index (χ1) is 8.81. The molecule has 1 N–H and O–H groups in total. The van der Waals surface area contributed by atoms with Gasteiger partial charge in [0.1, 0.15) is 0 Å². The Morgan fingerprint density at radius 2 is 1.84 bits per heavy atom. The van der Waals surface area contributed by atoms with E-state index in [0.29, 0.717) is 11.0 Å². The summed E-state index contributed by atoms with van der Waals surface area (Å²) in [6.07, 6.45) is 4.21. The second kappa shape index (κ2) is 4.46. The third-order valence-corrected chi connectivity index (χ3v) is 6.47. The molecule has 2 heterocycles. The zero-order chi connectivity index (χ0) is 13.8. The zero-order valence-electron chi connectivity index (χ0n) is 13.5. The number of hydrogen-bond donors (Lipinski definition) is 1. The smallest absolute Gasteiger partial charge is 0.0200 e. The molecule has 3 aliphatic rings. The van der Waals surface area contributed by atoms with Crippen LogP contribution in [0.2, 0.25) is 0 Å². The van der Waals surface area contributed by atoms with Crippen LogP contribution in [0.5, 0.6) is 0 Å². The highest BCUT2D eigenvalue weighted by Gasteiger charge is 2.52. The predicted molar refractivity (Wildman–Crippen MR) is 81.2 cm³/mol. The van der Waals surface area contributed by atoms with E-state index in [9.17, 15) is 0 Å². The van der Waals surface area contributed by atoms with Gasteiger partial charge in [-0.05, 0) is 62.8 Å². The van der Waals surface area contributed by atoms with Crippen LogP contribution in [0.1, 0.15) is 53.9 Å². The fourth-order valence-electron chi connectivity index (χ4n) is 5.41. The summed E-state index contributed by atoms with van der Waals surface area (Å²) >= 11 is 0. The van der Waals surface area contributed by atoms with Crippen LogP contribution in [-0.4, -0.2) is 36.1 Å². The summed E-state index contributed by atoms with van der Waals surface area (Å²) < 4.78 is 0. The fraction of sp³-hybridized carbons (Fsp3) is 1.00. The van der Waals surface area contributed by atoms with Crippen molar-refractivity contribution in [2.45, 2.75) is 65.5 Å². The minimum Gasteiger partial charge on any atom is -0.316 e. The molecule has 3 rings (SSSR count). The van der Waals surface area contributed by atoms with Crippen LogP contribution in [0.4, 0.5) is 0 Å². The maximum absolute atomic E-state index is 3.60. The topological polar surface area (TPSA) is 15.3 Å². The summed E-state index contributed by atoms with van der Waals surface area (Å²) in [6, 6.07) is 0.827. The number of nitrogens with zero attached hydrogens (tertiary/aromatic N) is 1. The molecule has 2 aliphatic heterocycles. The Kier molecular flexibility index (Phi) is 3.26. The van der Waals surface area contributed by atoms with E-state index < -0.39 is 0 Å². The first-order valence-electron chi connectivity index (χ1n) is 8.29. The lowest BCUT2D eigenvalue weighted by atomic mass is 9.69. The number of fused-ring (bicyclic) bond motifs is 1. The Hall–Kier alpha value is -0.0800. The van der Waals surface area contributed by atoms with Gasteiger partial charge < -0.3 is 5.32 Å². The molecule has 0 aromatic heterocycles. The van der Waals surface area contributed by atoms with E-state index in [1.165, 1.54) is 38.9 Å². The lowest BCUT2D eigenvalue weighted by Gasteiger charge is -2.48. The molecule has 2 heteroatoms. The van der Waals surface area contributed by atoms with E-state index in [2.05, 4.69) is 44.8 Å². The molecule has 0 bridgehead atoms. The van der Waals surface area contributed by atoms with Crippen molar-refractivity contribution in [2.75, 3.05) is 19.6 Å². The quantitative estimate of drug-likeness (QED) is 0.783. The summed E-state index contributed by atoms with van der Waals surface area (Å²) in [7, 11) is 0. The SMILES string of the molecule is CC1CC(C)(C)CCC1N1CC2CNCC2C1(C)C. The molecular weight excluding hydrogens is 232 g/mol. The van der Waals surface area contributed by atoms with Crippen molar-refractivity contribution >= 4 is 0 Å². The van der Waals surface area contributed by atoms with E-state index >= 15 is 0 Å². The summed E-state index contributed by atoms with van der Waals surface area (Å²) in [4.78, 5) is 2.89. The van der Waals surface area contributed by atoms with Crippen molar-refractivity contribution in [3.8, 4) is 0 Å². The van der Waals surface area contributed by atoms with Gasteiger partial charge in [-0.15, -0.1) is 0 Å². The second-order valence-corrected chi connectivity index (χ2v) is 8.78. The molecule has 1 aliphatic carbocycles. The molecule has 4 atom stereocenters. The minimum absolute atomic E-state index is 0.397. The molecule has 2 saturated heterocycles. The van der Waals surface area contributed by atoms with Gasteiger partial charge in [-0.1, -0.05) is 20.8 Å². The van der Waals surface area contributed by atoms with Gasteiger partial charge in [0.05, 0.1) is 0 Å². The highest BCUT2D eigenvalue weighted by Crippen LogP contribution is 2.47. The molecular formula is C17H32N2. The van der Waals surface area contributed by atoms with Crippen molar-refractivity contribution in [3.63, 3.8) is 0 Å². The fourth-order valence-corrected chi connectivity index (χ4v) is 5.41. The van der Waals surface area contributed by atoms with Gasteiger partial charge in [-0.2, -0.15) is 0 Å². The average molecular weight is 264 g/mol. The number of hydrogen-bond acceptors (Lipinski definition) is 2. The predicted octanol–water partition coefficient (Wildman–Crippen LogP) is 3.13. The Morgan fingerprint density at radius 1 is 1.11 bits per heavy atom. The monoisotopic (exact) mass is 264 g/mol. The molecule has 3 fully saturated rings. The molecule has 19 heavy (non-hydrogen) atoms. The van der Waals surface area contributed by atoms with Crippen LogP contribution in [-0.2, 0) is 0 Å². The Morgan fingerprint density at radius 3 is 2.47 bits per heavy atom. The Balaban J connectivity index is 1.76. The average Bonchev–Trinajstić information content (AvgIpc) is 2.81. The summed E-state index contributed by atoms with van der Waals surface area (Å²) in [5.41, 5.74) is 0.964. The minimum atomic E-state index is 0.397. The van der Waals surface area contributed by atoms with E-state index in [-0.39, 0.29) is 0 Å². The maximum atomic E-state index is 3.60. The van der Waals surface area contributed by atoms with E-state index in [4.69, 9.17) is 0 Å². The highest BCUT2D eigenvalue weighted by atomic mass is 15.3. The standard InChI is InChI=1S/C17H32N2/c1-12-8-16(2,3)7-6-15(12)19-11-13-9-18-10-14(13)17(19,4)5/h12-15,18H,6-11H2,1-5H3. The zero-order valence-corrected chi connectivity index (χ0v) is 13.5. The largest absolute Gasteiger partial charge is 0.316 e. The van der Waals surface area contributed by atoms with Gasteiger partial charge in [0.25, 0.3) is 0 Å². The first-order valence-corrected chi connectivity index (χ1v) is 8.29.